The molecule has 1 saturated carbocycles. The van der Waals surface area contributed by atoms with Crippen LogP contribution in [-0.4, -0.2) is 49.9 Å². The number of amides is 3. The lowest BCUT2D eigenvalue weighted by molar-refractivity contribution is -0.128. The number of fused-ring (bicyclic) bond motifs is 1. The molecule has 2 aliphatic rings. The van der Waals surface area contributed by atoms with Crippen LogP contribution in [0.5, 0.6) is 11.5 Å². The Balaban J connectivity index is 1.59. The Morgan fingerprint density at radius 2 is 1.65 bits per heavy atom. The number of hydrogen-bond donors (Lipinski definition) is 7. The zero-order valence-electron chi connectivity index (χ0n) is 25.5. The lowest BCUT2D eigenvalue weighted by Gasteiger charge is -2.26. The van der Waals surface area contributed by atoms with Crippen LogP contribution in [0.15, 0.2) is 30.3 Å². The van der Waals surface area contributed by atoms with Gasteiger partial charge in [0.2, 0.25) is 11.8 Å². The fourth-order valence-electron chi connectivity index (χ4n) is 6.11. The van der Waals surface area contributed by atoms with Crippen LogP contribution in [0.3, 0.4) is 0 Å². The third kappa shape index (κ3) is 9.87. The maximum atomic E-state index is 13.6. The molecule has 46 heavy (non-hydrogen) atoms. The molecule has 2 aromatic rings. The van der Waals surface area contributed by atoms with Gasteiger partial charge in [-0.05, 0) is 79.0 Å². The lowest BCUT2D eigenvalue weighted by atomic mass is 9.90. The maximum absolute atomic E-state index is 13.6. The van der Waals surface area contributed by atoms with Crippen molar-refractivity contribution in [2.24, 2.45) is 11.7 Å². The molecule has 0 radical (unpaired) electrons. The number of carbonyl (C=O) groups excluding carboxylic acids is 3. The number of primary amides is 1. The van der Waals surface area contributed by atoms with Crippen molar-refractivity contribution in [1.29, 1.82) is 0 Å². The van der Waals surface area contributed by atoms with E-state index < -0.39 is 56.3 Å². The first-order valence-corrected chi connectivity index (χ1v) is 18.4. The lowest BCUT2D eigenvalue weighted by Crippen LogP contribution is -2.48. The minimum Gasteiger partial charge on any atom is -0.492 e. The highest BCUT2D eigenvalue weighted by Crippen LogP contribution is 2.43. The second-order valence-electron chi connectivity index (χ2n) is 11.9. The molecule has 0 heterocycles. The minimum atomic E-state index is -5.14. The van der Waals surface area contributed by atoms with Gasteiger partial charge in [0.15, 0.2) is 0 Å². The summed E-state index contributed by atoms with van der Waals surface area (Å²) in [5.74, 6) is -1.65. The molecule has 4 rings (SSSR count). The molecular weight excluding hydrogens is 640 g/mol. The van der Waals surface area contributed by atoms with Gasteiger partial charge in [0.1, 0.15) is 22.8 Å². The van der Waals surface area contributed by atoms with Crippen molar-refractivity contribution in [2.45, 2.75) is 83.2 Å². The SMILES string of the molecule is CC(=O)N[C@@H](Cc1ccc(OP(=O)(O)O)c(P(=O)(O)O)c1)C(=O)N[C@H]1CCCCc2cc(OCC3CCCCC3)c(C(N)=O)cc21. The number of aryl methyl sites for hydroxylation is 1. The van der Waals surface area contributed by atoms with Crippen LogP contribution in [0.2, 0.25) is 0 Å². The van der Waals surface area contributed by atoms with Gasteiger partial charge in [-0.2, -0.15) is 0 Å². The Bertz CT molecular complexity index is 1550. The first-order chi connectivity index (χ1) is 21.6. The van der Waals surface area contributed by atoms with Gasteiger partial charge in [-0.1, -0.05) is 31.7 Å². The first-order valence-electron chi connectivity index (χ1n) is 15.2. The number of rotatable bonds is 12. The Hall–Kier alpha value is -3.25. The van der Waals surface area contributed by atoms with Crippen molar-refractivity contribution < 1.29 is 52.3 Å². The summed E-state index contributed by atoms with van der Waals surface area (Å²) in [7, 11) is -10.2. The molecule has 14 nitrogen and oxygen atoms in total. The number of nitrogens with one attached hydrogen (secondary N) is 2. The zero-order valence-corrected chi connectivity index (χ0v) is 27.3. The molecule has 8 N–H and O–H groups in total. The highest BCUT2D eigenvalue weighted by atomic mass is 31.2. The van der Waals surface area contributed by atoms with Crippen molar-refractivity contribution in [3.63, 3.8) is 0 Å². The third-order valence-corrected chi connectivity index (χ3v) is 9.69. The van der Waals surface area contributed by atoms with Gasteiger partial charge in [0.05, 0.1) is 18.2 Å². The summed E-state index contributed by atoms with van der Waals surface area (Å²) in [6, 6.07) is 5.02. The molecule has 3 amide bonds. The average Bonchev–Trinajstić information content (AvgIpc) is 3.16. The van der Waals surface area contributed by atoms with Gasteiger partial charge in [0, 0.05) is 13.3 Å². The van der Waals surface area contributed by atoms with Crippen LogP contribution >= 0.6 is 15.4 Å². The standard InChI is InChI=1S/C30H41N3O11P2/c1-18(34)32-25(13-20-11-12-26(44-46(40,41)42)28(14-20)45(37,38)39)30(36)33-24-10-6-5-9-21-15-27(23(29(31)35)16-22(21)24)43-17-19-7-3-2-4-8-19/h11-12,14-16,19,24-25H,2-10,13,17H2,1H3,(H2,31,35)(H,32,34)(H,33,36)(H2,37,38,39)(H2,40,41,42)/t24-,25-/m0/s1. The summed E-state index contributed by atoms with van der Waals surface area (Å²) in [6.07, 6.45) is 8.31. The van der Waals surface area contributed by atoms with E-state index in [1.165, 1.54) is 19.4 Å². The number of carbonyl (C=O) groups is 3. The van der Waals surface area contributed by atoms with Gasteiger partial charge in [-0.15, -0.1) is 0 Å². The number of nitrogens with two attached hydrogens (primary N) is 1. The van der Waals surface area contributed by atoms with E-state index in [4.69, 9.17) is 20.3 Å². The molecule has 2 atom stereocenters. The third-order valence-electron chi connectivity index (χ3n) is 8.28. The van der Waals surface area contributed by atoms with Gasteiger partial charge in [0.25, 0.3) is 5.91 Å². The highest BCUT2D eigenvalue weighted by Gasteiger charge is 2.31. The number of benzene rings is 2. The van der Waals surface area contributed by atoms with Crippen LogP contribution in [0, 0.1) is 5.92 Å². The molecule has 2 aliphatic carbocycles. The normalized spacial score (nSPS) is 18.1. The summed E-state index contributed by atoms with van der Waals surface area (Å²) < 4.78 is 34.0. The van der Waals surface area contributed by atoms with Gasteiger partial charge >= 0.3 is 15.4 Å². The van der Waals surface area contributed by atoms with E-state index in [1.807, 2.05) is 6.07 Å². The van der Waals surface area contributed by atoms with Crippen LogP contribution < -0.4 is 30.9 Å². The summed E-state index contributed by atoms with van der Waals surface area (Å²) in [5.41, 5.74) is 7.79. The van der Waals surface area contributed by atoms with Crippen molar-refractivity contribution in [2.75, 3.05) is 6.61 Å². The van der Waals surface area contributed by atoms with E-state index in [2.05, 4.69) is 15.2 Å². The van der Waals surface area contributed by atoms with E-state index in [9.17, 15) is 33.3 Å². The number of phosphoric ester groups is 1. The Kier molecular flexibility index (Phi) is 11.7. The molecular formula is C30H41N3O11P2. The predicted molar refractivity (Wildman–Crippen MR) is 168 cm³/mol. The van der Waals surface area contributed by atoms with Gasteiger partial charge in [-0.25, -0.2) is 4.57 Å². The van der Waals surface area contributed by atoms with Gasteiger partial charge < -0.3 is 35.4 Å². The number of hydrogen-bond acceptors (Lipinski definition) is 7. The first kappa shape index (κ1) is 35.6. The molecule has 252 valence electrons. The quantitative estimate of drug-likeness (QED) is 0.127. The fraction of sp³-hybridized carbons (Fsp3) is 0.500. The van der Waals surface area contributed by atoms with Crippen molar-refractivity contribution in [3.8, 4) is 11.5 Å². The highest BCUT2D eigenvalue weighted by molar-refractivity contribution is 7.60. The molecule has 0 spiro atoms. The summed E-state index contributed by atoms with van der Waals surface area (Å²) in [6.45, 7) is 1.71. The molecule has 2 aromatic carbocycles. The Labute approximate surface area is 266 Å². The minimum absolute atomic E-state index is 0.183. The van der Waals surface area contributed by atoms with Crippen LogP contribution in [0.1, 0.15) is 91.4 Å². The van der Waals surface area contributed by atoms with E-state index >= 15 is 0 Å². The van der Waals surface area contributed by atoms with Crippen molar-refractivity contribution >= 4 is 38.4 Å². The van der Waals surface area contributed by atoms with E-state index in [0.29, 0.717) is 36.7 Å². The van der Waals surface area contributed by atoms with Crippen LogP contribution in [0.25, 0.3) is 0 Å². The van der Waals surface area contributed by atoms with Gasteiger partial charge in [-0.3, -0.25) is 28.7 Å². The monoisotopic (exact) mass is 681 g/mol. The summed E-state index contributed by atoms with van der Waals surface area (Å²) >= 11 is 0. The molecule has 0 saturated heterocycles. The molecule has 0 unspecified atom stereocenters. The second-order valence-corrected chi connectivity index (χ2v) is 14.7. The average molecular weight is 682 g/mol. The molecule has 1 fully saturated rings. The summed E-state index contributed by atoms with van der Waals surface area (Å²) in [4.78, 5) is 76.1. The molecule has 0 aromatic heterocycles. The maximum Gasteiger partial charge on any atom is 0.524 e. The topological polar surface area (TPSA) is 235 Å². The molecule has 16 heteroatoms. The van der Waals surface area contributed by atoms with Crippen LogP contribution in [0.4, 0.5) is 0 Å². The zero-order chi connectivity index (χ0) is 33.6. The smallest absolute Gasteiger partial charge is 0.492 e. The van der Waals surface area contributed by atoms with E-state index in [0.717, 1.165) is 56.2 Å². The molecule has 0 aliphatic heterocycles. The molecule has 0 bridgehead atoms. The van der Waals surface area contributed by atoms with Crippen molar-refractivity contribution in [3.05, 3.63) is 52.6 Å². The van der Waals surface area contributed by atoms with Crippen LogP contribution in [-0.2, 0) is 31.6 Å². The fourth-order valence-corrected chi connectivity index (χ4v) is 7.34. The van der Waals surface area contributed by atoms with Crippen molar-refractivity contribution in [1.82, 2.24) is 10.6 Å². The predicted octanol–water partition coefficient (Wildman–Crippen LogP) is 2.65. The largest absolute Gasteiger partial charge is 0.524 e. The van der Waals surface area contributed by atoms with E-state index in [-0.39, 0.29) is 17.5 Å². The summed E-state index contributed by atoms with van der Waals surface area (Å²) in [5, 5.41) is 4.75. The second kappa shape index (κ2) is 15.1. The van der Waals surface area contributed by atoms with E-state index in [1.54, 1.807) is 6.07 Å². The Morgan fingerprint density at radius 1 is 0.957 bits per heavy atom. The Morgan fingerprint density at radius 3 is 2.28 bits per heavy atom. The number of phosphoric acid groups is 1. The number of ether oxygens (including phenoxy) is 1.